The maximum atomic E-state index is 12.5. The highest BCUT2D eigenvalue weighted by Crippen LogP contribution is 2.37. The molecule has 20 heavy (non-hydrogen) atoms. The van der Waals surface area contributed by atoms with E-state index in [0.29, 0.717) is 6.07 Å². The van der Waals surface area contributed by atoms with Gasteiger partial charge in [-0.05, 0) is 28.7 Å². The Morgan fingerprint density at radius 2 is 1.70 bits per heavy atom. The fourth-order valence-corrected chi connectivity index (χ4v) is 2.42. The lowest BCUT2D eigenvalue weighted by molar-refractivity contribution is -0.141. The lowest BCUT2D eigenvalue weighted by atomic mass is 10.3. The quantitative estimate of drug-likeness (QED) is 0.296. The number of pyridine rings is 1. The van der Waals surface area contributed by atoms with Crippen LogP contribution < -0.4 is 4.18 Å². The number of halogens is 8. The van der Waals surface area contributed by atoms with Crippen LogP contribution in [0, 0.1) is 3.57 Å². The van der Waals surface area contributed by atoms with Crippen molar-refractivity contribution in [3.63, 3.8) is 0 Å². The Morgan fingerprint density at radius 3 is 2.10 bits per heavy atom. The van der Waals surface area contributed by atoms with Gasteiger partial charge in [0.1, 0.15) is 0 Å². The Labute approximate surface area is 126 Å². The zero-order chi connectivity index (χ0) is 15.9. The molecule has 0 aliphatic carbocycles. The summed E-state index contributed by atoms with van der Waals surface area (Å²) in [7, 11) is -6.13. The summed E-state index contributed by atoms with van der Waals surface area (Å²) < 4.78 is 98.1. The van der Waals surface area contributed by atoms with Crippen LogP contribution in [0.15, 0.2) is 6.07 Å². The van der Waals surface area contributed by atoms with Gasteiger partial charge in [0.15, 0.2) is 5.69 Å². The number of nitrogens with zero attached hydrogens (tertiary/aromatic N) is 1. The molecule has 13 heteroatoms. The van der Waals surface area contributed by atoms with E-state index in [1.165, 1.54) is 22.6 Å². The summed E-state index contributed by atoms with van der Waals surface area (Å²) in [6.07, 6.45) is -5.08. The third-order valence-corrected chi connectivity index (χ3v) is 3.64. The lowest BCUT2D eigenvalue weighted by Crippen LogP contribution is -2.29. The molecule has 0 bridgehead atoms. The first-order chi connectivity index (χ1) is 8.75. The highest BCUT2D eigenvalue weighted by Gasteiger charge is 2.49. The predicted octanol–water partition coefficient (Wildman–Crippen LogP) is 3.59. The van der Waals surface area contributed by atoms with Crippen molar-refractivity contribution in [1.82, 2.24) is 4.98 Å². The first-order valence-corrected chi connectivity index (χ1v) is 7.06. The van der Waals surface area contributed by atoms with Crippen molar-refractivity contribution in [2.75, 3.05) is 0 Å². The molecule has 0 fully saturated rings. The Morgan fingerprint density at radius 1 is 1.20 bits per heavy atom. The van der Waals surface area contributed by atoms with Crippen molar-refractivity contribution in [2.24, 2.45) is 0 Å². The third-order valence-electron chi connectivity index (χ3n) is 1.64. The first-order valence-electron chi connectivity index (χ1n) is 4.19. The monoisotopic (exact) mass is 455 g/mol. The van der Waals surface area contributed by atoms with E-state index in [1.807, 2.05) is 0 Å². The second-order valence-electron chi connectivity index (χ2n) is 3.09. The smallest absolute Gasteiger partial charge is 0.354 e. The maximum Gasteiger partial charge on any atom is 0.534 e. The molecule has 0 N–H and O–H groups in total. The SMILES string of the molecule is O=S(=O)(Oc1nc(C(F)(F)F)c(Cl)cc1I)C(F)(F)F. The van der Waals surface area contributed by atoms with E-state index in [-0.39, 0.29) is 0 Å². The molecule has 1 rings (SSSR count). The molecular formula is C7HClF6INO3S. The molecular weight excluding hydrogens is 454 g/mol. The van der Waals surface area contributed by atoms with Crippen molar-refractivity contribution < 1.29 is 38.9 Å². The van der Waals surface area contributed by atoms with Gasteiger partial charge in [-0.2, -0.15) is 34.8 Å². The molecule has 0 aliphatic heterocycles. The first kappa shape index (κ1) is 17.6. The van der Waals surface area contributed by atoms with Crippen LogP contribution in [-0.2, 0) is 16.3 Å². The molecule has 0 amide bonds. The van der Waals surface area contributed by atoms with Gasteiger partial charge in [-0.25, -0.2) is 4.98 Å². The topological polar surface area (TPSA) is 56.3 Å². The minimum absolute atomic E-state index is 0.437. The summed E-state index contributed by atoms with van der Waals surface area (Å²) in [6, 6.07) is 0.583. The Bertz CT molecular complexity index is 629. The molecule has 0 radical (unpaired) electrons. The molecule has 1 aromatic rings. The van der Waals surface area contributed by atoms with Crippen molar-refractivity contribution in [3.8, 4) is 5.88 Å². The van der Waals surface area contributed by atoms with Crippen LogP contribution in [0.4, 0.5) is 26.3 Å². The van der Waals surface area contributed by atoms with Crippen LogP contribution in [-0.4, -0.2) is 18.9 Å². The second-order valence-corrected chi connectivity index (χ2v) is 6.19. The van der Waals surface area contributed by atoms with Crippen LogP contribution in [0.25, 0.3) is 0 Å². The van der Waals surface area contributed by atoms with Crippen LogP contribution in [0.3, 0.4) is 0 Å². The largest absolute Gasteiger partial charge is 0.534 e. The van der Waals surface area contributed by atoms with E-state index < -0.39 is 42.0 Å². The molecule has 0 saturated carbocycles. The molecule has 1 aromatic heterocycles. The summed E-state index contributed by atoms with van der Waals surface area (Å²) in [4.78, 5) is 2.68. The van der Waals surface area contributed by atoms with E-state index in [1.54, 1.807) is 0 Å². The van der Waals surface area contributed by atoms with Crippen LogP contribution >= 0.6 is 34.2 Å². The number of hydrogen-bond acceptors (Lipinski definition) is 4. The van der Waals surface area contributed by atoms with Crippen molar-refractivity contribution in [3.05, 3.63) is 20.4 Å². The van der Waals surface area contributed by atoms with E-state index in [4.69, 9.17) is 11.6 Å². The van der Waals surface area contributed by atoms with Gasteiger partial charge in [0.05, 0.1) is 8.59 Å². The molecule has 0 spiro atoms. The summed E-state index contributed by atoms with van der Waals surface area (Å²) in [5.41, 5.74) is -7.55. The molecule has 114 valence electrons. The fraction of sp³-hybridized carbons (Fsp3) is 0.286. The standard InChI is InChI=1S/C7HClF6INO3S/c8-2-1-3(15)5(16-4(2)6(9,10)11)19-20(17,18)7(12,13)14/h1H. The molecule has 4 nitrogen and oxygen atoms in total. The minimum Gasteiger partial charge on any atom is -0.354 e. The number of alkyl halides is 6. The van der Waals surface area contributed by atoms with Crippen molar-refractivity contribution in [2.45, 2.75) is 11.7 Å². The van der Waals surface area contributed by atoms with Crippen LogP contribution in [0.1, 0.15) is 5.69 Å². The summed E-state index contributed by atoms with van der Waals surface area (Å²) in [5, 5.41) is -0.904. The van der Waals surface area contributed by atoms with Gasteiger partial charge < -0.3 is 4.18 Å². The normalized spacial score (nSPS) is 13.4. The second kappa shape index (κ2) is 5.36. The average molecular weight is 456 g/mol. The minimum atomic E-state index is -6.13. The number of aromatic nitrogens is 1. The van der Waals surface area contributed by atoms with E-state index in [2.05, 4.69) is 9.17 Å². The van der Waals surface area contributed by atoms with Gasteiger partial charge in [0.25, 0.3) is 0 Å². The van der Waals surface area contributed by atoms with Gasteiger partial charge in [0.2, 0.25) is 5.88 Å². The molecule has 1 heterocycles. The Kier molecular flexibility index (Phi) is 4.71. The molecule has 0 unspecified atom stereocenters. The lowest BCUT2D eigenvalue weighted by Gasteiger charge is -2.13. The predicted molar refractivity (Wildman–Crippen MR) is 62.6 cm³/mol. The van der Waals surface area contributed by atoms with E-state index >= 15 is 0 Å². The summed E-state index contributed by atoms with van der Waals surface area (Å²) >= 11 is 6.46. The van der Waals surface area contributed by atoms with Gasteiger partial charge in [-0.15, -0.1) is 0 Å². The van der Waals surface area contributed by atoms with Crippen molar-refractivity contribution in [1.29, 1.82) is 0 Å². The van der Waals surface area contributed by atoms with Gasteiger partial charge in [0, 0.05) is 0 Å². The van der Waals surface area contributed by atoms with Gasteiger partial charge in [-0.1, -0.05) is 11.6 Å². The summed E-state index contributed by atoms with van der Waals surface area (Å²) in [6.45, 7) is 0. The maximum absolute atomic E-state index is 12.5. The van der Waals surface area contributed by atoms with Crippen LogP contribution in [0.5, 0.6) is 5.88 Å². The zero-order valence-corrected chi connectivity index (χ0v) is 12.4. The zero-order valence-electron chi connectivity index (χ0n) is 8.68. The van der Waals surface area contributed by atoms with E-state index in [0.717, 1.165) is 0 Å². The Hall–Kier alpha value is -0.500. The average Bonchev–Trinajstić information content (AvgIpc) is 2.18. The highest BCUT2D eigenvalue weighted by molar-refractivity contribution is 14.1. The molecule has 0 atom stereocenters. The number of rotatable bonds is 2. The number of hydrogen-bond donors (Lipinski definition) is 0. The van der Waals surface area contributed by atoms with Gasteiger partial charge >= 0.3 is 21.8 Å². The molecule has 0 aromatic carbocycles. The van der Waals surface area contributed by atoms with Crippen molar-refractivity contribution >= 4 is 44.3 Å². The molecule has 0 aliphatic rings. The van der Waals surface area contributed by atoms with Crippen LogP contribution in [0.2, 0.25) is 5.02 Å². The molecule has 0 saturated heterocycles. The summed E-state index contributed by atoms with van der Waals surface area (Å²) in [5.74, 6) is -1.36. The van der Waals surface area contributed by atoms with E-state index in [9.17, 15) is 34.8 Å². The van der Waals surface area contributed by atoms with Gasteiger partial charge in [-0.3, -0.25) is 0 Å². The fourth-order valence-electron chi connectivity index (χ4n) is 0.858. The Balaban J connectivity index is 3.35. The highest BCUT2D eigenvalue weighted by atomic mass is 127. The third kappa shape index (κ3) is 3.78.